The highest BCUT2D eigenvalue weighted by Crippen LogP contribution is 2.36. The Bertz CT molecular complexity index is 553. The lowest BCUT2D eigenvalue weighted by Crippen LogP contribution is -2.40. The highest BCUT2D eigenvalue weighted by Gasteiger charge is 2.39. The van der Waals surface area contributed by atoms with Gasteiger partial charge in [0.05, 0.1) is 11.3 Å². The lowest BCUT2D eigenvalue weighted by molar-refractivity contribution is -0.119. The van der Waals surface area contributed by atoms with Gasteiger partial charge in [0.15, 0.2) is 0 Å². The van der Waals surface area contributed by atoms with Crippen LogP contribution in [0.3, 0.4) is 0 Å². The Hall–Kier alpha value is -2.04. The molecular formula is C13H14N2O3. The molecule has 18 heavy (non-hydrogen) atoms. The second kappa shape index (κ2) is 3.73. The van der Waals surface area contributed by atoms with E-state index >= 15 is 0 Å². The smallest absolute Gasteiger partial charge is 0.256 e. The third kappa shape index (κ3) is 1.40. The van der Waals surface area contributed by atoms with Gasteiger partial charge < -0.3 is 15.3 Å². The van der Waals surface area contributed by atoms with Crippen LogP contribution in [0.4, 0.5) is 5.69 Å². The summed E-state index contributed by atoms with van der Waals surface area (Å²) < 4.78 is 0. The maximum absolute atomic E-state index is 12.3. The highest BCUT2D eigenvalue weighted by atomic mass is 16.3. The summed E-state index contributed by atoms with van der Waals surface area (Å²) in [6, 6.07) is 2.95. The Labute approximate surface area is 104 Å². The number of rotatable bonds is 0. The molecule has 1 aromatic rings. The molecule has 0 radical (unpaired) electrons. The molecule has 2 amide bonds. The largest absolute Gasteiger partial charge is 0.505 e. The molecule has 0 aliphatic carbocycles. The topological polar surface area (TPSA) is 69.6 Å². The third-order valence-corrected chi connectivity index (χ3v) is 3.67. The zero-order chi connectivity index (χ0) is 12.9. The van der Waals surface area contributed by atoms with E-state index in [0.29, 0.717) is 24.1 Å². The number of carbonyl (C=O) groups excluding carboxylic acids is 2. The molecule has 1 fully saturated rings. The number of hydrogen-bond acceptors (Lipinski definition) is 3. The van der Waals surface area contributed by atoms with Crippen molar-refractivity contribution in [2.45, 2.75) is 25.8 Å². The molecule has 5 heteroatoms. The van der Waals surface area contributed by atoms with Crippen LogP contribution in [0, 0.1) is 6.92 Å². The van der Waals surface area contributed by atoms with Crippen LogP contribution >= 0.6 is 0 Å². The van der Waals surface area contributed by atoms with Crippen LogP contribution in [0.1, 0.15) is 28.8 Å². The Morgan fingerprint density at radius 3 is 2.94 bits per heavy atom. The van der Waals surface area contributed by atoms with Gasteiger partial charge in [-0.1, -0.05) is 6.07 Å². The van der Waals surface area contributed by atoms with Gasteiger partial charge >= 0.3 is 0 Å². The number of nitrogens with one attached hydrogen (secondary N) is 1. The Kier molecular flexibility index (Phi) is 2.29. The summed E-state index contributed by atoms with van der Waals surface area (Å²) >= 11 is 0. The molecule has 2 heterocycles. The molecule has 94 valence electrons. The Morgan fingerprint density at radius 2 is 2.17 bits per heavy atom. The predicted molar refractivity (Wildman–Crippen MR) is 65.5 cm³/mol. The SMILES string of the molecule is Cc1ccc2c(c1O)NC(=O)C1CCCN1C2=O. The molecule has 0 saturated carbocycles. The Morgan fingerprint density at radius 1 is 1.39 bits per heavy atom. The first-order valence-electron chi connectivity index (χ1n) is 6.04. The average molecular weight is 246 g/mol. The molecule has 1 atom stereocenters. The van der Waals surface area contributed by atoms with Gasteiger partial charge in [0.2, 0.25) is 5.91 Å². The van der Waals surface area contributed by atoms with E-state index < -0.39 is 6.04 Å². The van der Waals surface area contributed by atoms with Crippen molar-refractivity contribution < 1.29 is 14.7 Å². The van der Waals surface area contributed by atoms with Crippen molar-refractivity contribution in [3.05, 3.63) is 23.3 Å². The van der Waals surface area contributed by atoms with Crippen molar-refractivity contribution in [3.8, 4) is 5.75 Å². The number of benzene rings is 1. The van der Waals surface area contributed by atoms with Crippen LogP contribution in [-0.4, -0.2) is 34.4 Å². The fraction of sp³-hybridized carbons (Fsp3) is 0.385. The summed E-state index contributed by atoms with van der Waals surface area (Å²) in [6.07, 6.45) is 1.53. The summed E-state index contributed by atoms with van der Waals surface area (Å²) in [5, 5.41) is 12.7. The minimum absolute atomic E-state index is 0.0182. The first-order valence-corrected chi connectivity index (χ1v) is 6.04. The number of anilines is 1. The van der Waals surface area contributed by atoms with Gasteiger partial charge in [-0.2, -0.15) is 0 Å². The molecule has 0 spiro atoms. The third-order valence-electron chi connectivity index (χ3n) is 3.67. The summed E-state index contributed by atoms with van der Waals surface area (Å²) in [6.45, 7) is 2.34. The number of carbonyl (C=O) groups is 2. The minimum Gasteiger partial charge on any atom is -0.505 e. The van der Waals surface area contributed by atoms with Crippen LogP contribution < -0.4 is 5.32 Å². The highest BCUT2D eigenvalue weighted by molar-refractivity contribution is 6.11. The molecule has 0 bridgehead atoms. The van der Waals surface area contributed by atoms with Crippen molar-refractivity contribution in [1.29, 1.82) is 0 Å². The van der Waals surface area contributed by atoms with Crippen molar-refractivity contribution in [2.75, 3.05) is 11.9 Å². The van der Waals surface area contributed by atoms with Gasteiger partial charge in [0.1, 0.15) is 11.8 Å². The first-order chi connectivity index (χ1) is 8.59. The maximum atomic E-state index is 12.3. The maximum Gasteiger partial charge on any atom is 0.256 e. The quantitative estimate of drug-likeness (QED) is 0.677. The molecular weight excluding hydrogens is 232 g/mol. The van der Waals surface area contributed by atoms with E-state index in [0.717, 1.165) is 6.42 Å². The second-order valence-corrected chi connectivity index (χ2v) is 4.80. The van der Waals surface area contributed by atoms with E-state index in [9.17, 15) is 14.7 Å². The van der Waals surface area contributed by atoms with E-state index in [2.05, 4.69) is 5.32 Å². The molecule has 1 saturated heterocycles. The van der Waals surface area contributed by atoms with Crippen LogP contribution in [0.25, 0.3) is 0 Å². The number of phenolic OH excluding ortho intramolecular Hbond substituents is 1. The number of phenols is 1. The first kappa shape index (κ1) is 11.1. The van der Waals surface area contributed by atoms with Crippen molar-refractivity contribution in [1.82, 2.24) is 4.90 Å². The molecule has 1 unspecified atom stereocenters. The number of hydrogen-bond donors (Lipinski definition) is 2. The number of aromatic hydroxyl groups is 1. The summed E-state index contributed by atoms with van der Waals surface area (Å²) in [5.41, 5.74) is 1.26. The average Bonchev–Trinajstić information content (AvgIpc) is 2.80. The minimum atomic E-state index is -0.399. The number of fused-ring (bicyclic) bond motifs is 2. The Balaban J connectivity index is 2.17. The van der Waals surface area contributed by atoms with E-state index in [1.54, 1.807) is 24.0 Å². The number of amides is 2. The summed E-state index contributed by atoms with van der Waals surface area (Å²) in [5.74, 6) is -0.406. The molecule has 1 aromatic carbocycles. The van der Waals surface area contributed by atoms with Gasteiger partial charge in [-0.3, -0.25) is 9.59 Å². The van der Waals surface area contributed by atoms with E-state index in [-0.39, 0.29) is 23.3 Å². The number of aryl methyl sites for hydroxylation is 1. The second-order valence-electron chi connectivity index (χ2n) is 4.80. The van der Waals surface area contributed by atoms with Crippen molar-refractivity contribution in [3.63, 3.8) is 0 Å². The lowest BCUT2D eigenvalue weighted by Gasteiger charge is -2.19. The fourth-order valence-electron chi connectivity index (χ4n) is 2.64. The molecule has 3 rings (SSSR count). The van der Waals surface area contributed by atoms with Crippen molar-refractivity contribution >= 4 is 17.5 Å². The summed E-state index contributed by atoms with van der Waals surface area (Å²) in [7, 11) is 0. The van der Waals surface area contributed by atoms with Gasteiger partial charge in [-0.05, 0) is 31.4 Å². The van der Waals surface area contributed by atoms with Gasteiger partial charge in [0.25, 0.3) is 5.91 Å². The molecule has 2 aliphatic rings. The lowest BCUT2D eigenvalue weighted by atomic mass is 10.1. The van der Waals surface area contributed by atoms with Gasteiger partial charge in [-0.25, -0.2) is 0 Å². The van der Waals surface area contributed by atoms with Gasteiger partial charge in [-0.15, -0.1) is 0 Å². The number of nitrogens with zero attached hydrogens (tertiary/aromatic N) is 1. The van der Waals surface area contributed by atoms with Crippen LogP contribution in [0.15, 0.2) is 12.1 Å². The van der Waals surface area contributed by atoms with Crippen LogP contribution in [0.5, 0.6) is 5.75 Å². The molecule has 2 aliphatic heterocycles. The van der Waals surface area contributed by atoms with Crippen LogP contribution in [0.2, 0.25) is 0 Å². The van der Waals surface area contributed by atoms with E-state index in [1.165, 1.54) is 0 Å². The zero-order valence-corrected chi connectivity index (χ0v) is 10.1. The van der Waals surface area contributed by atoms with E-state index in [4.69, 9.17) is 0 Å². The van der Waals surface area contributed by atoms with E-state index in [1.807, 2.05) is 0 Å². The predicted octanol–water partition coefficient (Wildman–Crippen LogP) is 1.26. The van der Waals surface area contributed by atoms with Crippen LogP contribution in [-0.2, 0) is 4.79 Å². The zero-order valence-electron chi connectivity index (χ0n) is 10.1. The monoisotopic (exact) mass is 246 g/mol. The fourth-order valence-corrected chi connectivity index (χ4v) is 2.64. The normalized spacial score (nSPS) is 22.3. The molecule has 5 nitrogen and oxygen atoms in total. The molecule has 0 aromatic heterocycles. The molecule has 2 N–H and O–H groups in total. The summed E-state index contributed by atoms with van der Waals surface area (Å²) in [4.78, 5) is 26.0. The standard InChI is InChI=1S/C13H14N2O3/c1-7-4-5-8-10(11(7)16)14-12(17)9-3-2-6-15(9)13(8)18/h4-5,9,16H,2-3,6H2,1H3,(H,14,17). The van der Waals surface area contributed by atoms with Crippen molar-refractivity contribution in [2.24, 2.45) is 0 Å². The van der Waals surface area contributed by atoms with Gasteiger partial charge in [0, 0.05) is 6.54 Å².